The normalized spacial score (nSPS) is 19.2. The molecule has 0 bridgehead atoms. The summed E-state index contributed by atoms with van der Waals surface area (Å²) >= 11 is 0. The maximum Gasteiger partial charge on any atom is 0.265 e. The van der Waals surface area contributed by atoms with Gasteiger partial charge in [0.15, 0.2) is 6.10 Å². The van der Waals surface area contributed by atoms with Crippen LogP contribution < -0.4 is 10.1 Å². The van der Waals surface area contributed by atoms with Crippen LogP contribution in [0.5, 0.6) is 5.75 Å². The minimum atomic E-state index is -3.78. The number of hydrogen-bond donors (Lipinski definition) is 1. The molecular formula is C25H31N3O5S. The van der Waals surface area contributed by atoms with Crippen molar-refractivity contribution in [2.45, 2.75) is 50.5 Å². The van der Waals surface area contributed by atoms with Crippen LogP contribution in [-0.2, 0) is 20.2 Å². The fourth-order valence-corrected chi connectivity index (χ4v) is 5.58. The van der Waals surface area contributed by atoms with Gasteiger partial charge in [0.05, 0.1) is 10.6 Å². The standard InChI is InChI=1S/C25H31N3O5S/c1-5-21-23(29)26-20-16-19(10-11-22(20)33-21)34(31,32)28-14-12-27(13-15-28)24(30)17-6-8-18(9-7-17)25(2,3)4/h6-11,16,21H,5,12-15H2,1-4H3,(H,26,29). The highest BCUT2D eigenvalue weighted by Gasteiger charge is 2.33. The average molecular weight is 486 g/mol. The van der Waals surface area contributed by atoms with Gasteiger partial charge in [0, 0.05) is 31.7 Å². The molecule has 9 heteroatoms. The van der Waals surface area contributed by atoms with Crippen LogP contribution in [0.15, 0.2) is 47.4 Å². The summed E-state index contributed by atoms with van der Waals surface area (Å²) in [5.41, 5.74) is 2.10. The third-order valence-corrected chi connectivity index (χ3v) is 8.20. The van der Waals surface area contributed by atoms with Gasteiger partial charge in [-0.1, -0.05) is 39.8 Å². The van der Waals surface area contributed by atoms with Crippen molar-refractivity contribution >= 4 is 27.5 Å². The second-order valence-corrected chi connectivity index (χ2v) is 11.6. The van der Waals surface area contributed by atoms with E-state index in [0.717, 1.165) is 5.56 Å². The Morgan fingerprint density at radius 3 is 2.29 bits per heavy atom. The molecule has 0 saturated carbocycles. The van der Waals surface area contributed by atoms with E-state index >= 15 is 0 Å². The Balaban J connectivity index is 1.43. The molecule has 2 heterocycles. The van der Waals surface area contributed by atoms with Gasteiger partial charge in [-0.25, -0.2) is 8.42 Å². The molecule has 0 aliphatic carbocycles. The molecule has 2 aromatic rings. The van der Waals surface area contributed by atoms with E-state index in [-0.39, 0.29) is 35.2 Å². The Kier molecular flexibility index (Phi) is 6.44. The lowest BCUT2D eigenvalue weighted by Crippen LogP contribution is -2.50. The van der Waals surface area contributed by atoms with E-state index in [0.29, 0.717) is 36.5 Å². The molecule has 1 saturated heterocycles. The number of anilines is 1. The van der Waals surface area contributed by atoms with E-state index in [9.17, 15) is 18.0 Å². The molecule has 0 radical (unpaired) electrons. The van der Waals surface area contributed by atoms with Crippen LogP contribution in [0.25, 0.3) is 0 Å². The van der Waals surface area contributed by atoms with E-state index in [1.54, 1.807) is 11.0 Å². The summed E-state index contributed by atoms with van der Waals surface area (Å²) in [6.07, 6.45) is -0.0556. The van der Waals surface area contributed by atoms with Gasteiger partial charge in [-0.2, -0.15) is 4.31 Å². The number of carbonyl (C=O) groups excluding carboxylic acids is 2. The number of carbonyl (C=O) groups is 2. The quantitative estimate of drug-likeness (QED) is 0.717. The van der Waals surface area contributed by atoms with Crippen molar-refractivity contribution in [2.24, 2.45) is 0 Å². The molecule has 182 valence electrons. The number of rotatable bonds is 4. The van der Waals surface area contributed by atoms with Crippen LogP contribution in [0.3, 0.4) is 0 Å². The van der Waals surface area contributed by atoms with Crippen molar-refractivity contribution in [2.75, 3.05) is 31.5 Å². The first-order chi connectivity index (χ1) is 16.0. The summed E-state index contributed by atoms with van der Waals surface area (Å²) in [6.45, 7) is 9.22. The molecule has 34 heavy (non-hydrogen) atoms. The van der Waals surface area contributed by atoms with Gasteiger partial charge in [0.25, 0.3) is 11.8 Å². The van der Waals surface area contributed by atoms with Gasteiger partial charge in [0.2, 0.25) is 10.0 Å². The summed E-state index contributed by atoms with van der Waals surface area (Å²) in [7, 11) is -3.78. The molecule has 1 fully saturated rings. The molecule has 2 aliphatic heterocycles. The third kappa shape index (κ3) is 4.67. The number of benzene rings is 2. The fraction of sp³-hybridized carbons (Fsp3) is 0.440. The van der Waals surface area contributed by atoms with Crippen molar-refractivity contribution in [3.63, 3.8) is 0 Å². The number of nitrogens with zero attached hydrogens (tertiary/aromatic N) is 2. The van der Waals surface area contributed by atoms with E-state index < -0.39 is 16.1 Å². The topological polar surface area (TPSA) is 96.0 Å². The Morgan fingerprint density at radius 2 is 1.71 bits per heavy atom. The lowest BCUT2D eigenvalue weighted by atomic mass is 9.86. The molecule has 8 nitrogen and oxygen atoms in total. The predicted molar refractivity (Wildman–Crippen MR) is 130 cm³/mol. The van der Waals surface area contributed by atoms with Crippen LogP contribution in [0, 0.1) is 0 Å². The zero-order chi connectivity index (χ0) is 24.7. The number of nitrogens with one attached hydrogen (secondary N) is 1. The number of hydrogen-bond acceptors (Lipinski definition) is 5. The van der Waals surface area contributed by atoms with Crippen LogP contribution in [0.4, 0.5) is 5.69 Å². The Morgan fingerprint density at radius 1 is 1.06 bits per heavy atom. The van der Waals surface area contributed by atoms with E-state index in [1.807, 2.05) is 31.2 Å². The first-order valence-electron chi connectivity index (χ1n) is 11.5. The molecule has 4 rings (SSSR count). The van der Waals surface area contributed by atoms with E-state index in [2.05, 4.69) is 26.1 Å². The second kappa shape index (κ2) is 9.03. The monoisotopic (exact) mass is 485 g/mol. The molecule has 2 aromatic carbocycles. The summed E-state index contributed by atoms with van der Waals surface area (Å²) in [4.78, 5) is 26.8. The third-order valence-electron chi connectivity index (χ3n) is 6.30. The van der Waals surface area contributed by atoms with Crippen molar-refractivity contribution in [1.82, 2.24) is 9.21 Å². The largest absolute Gasteiger partial charge is 0.478 e. The molecule has 2 aliphatic rings. The van der Waals surface area contributed by atoms with E-state index in [1.165, 1.54) is 16.4 Å². The Bertz CT molecular complexity index is 1190. The highest BCUT2D eigenvalue weighted by molar-refractivity contribution is 7.89. The van der Waals surface area contributed by atoms with Crippen molar-refractivity contribution in [3.8, 4) is 5.75 Å². The smallest absolute Gasteiger partial charge is 0.265 e. The van der Waals surface area contributed by atoms with Crippen LogP contribution in [0.2, 0.25) is 0 Å². The summed E-state index contributed by atoms with van der Waals surface area (Å²) in [6, 6.07) is 12.1. The van der Waals surface area contributed by atoms with Gasteiger partial charge in [-0.05, 0) is 47.7 Å². The van der Waals surface area contributed by atoms with Gasteiger partial charge in [0.1, 0.15) is 5.75 Å². The summed E-state index contributed by atoms with van der Waals surface area (Å²) in [5, 5.41) is 2.73. The minimum absolute atomic E-state index is 0.00485. The number of ether oxygens (including phenoxy) is 1. The number of piperazine rings is 1. The Hall–Kier alpha value is -2.91. The summed E-state index contributed by atoms with van der Waals surface area (Å²) in [5.74, 6) is 0.0714. The number of fused-ring (bicyclic) bond motifs is 1. The maximum absolute atomic E-state index is 13.2. The first-order valence-corrected chi connectivity index (χ1v) is 13.0. The zero-order valence-corrected chi connectivity index (χ0v) is 20.8. The molecule has 1 atom stereocenters. The van der Waals surface area contributed by atoms with Crippen LogP contribution in [-0.4, -0.2) is 61.7 Å². The predicted octanol–water partition coefficient (Wildman–Crippen LogP) is 3.24. The average Bonchev–Trinajstić information content (AvgIpc) is 2.82. The fourth-order valence-electron chi connectivity index (χ4n) is 4.13. The lowest BCUT2D eigenvalue weighted by Gasteiger charge is -2.34. The summed E-state index contributed by atoms with van der Waals surface area (Å²) < 4.78 is 33.5. The van der Waals surface area contributed by atoms with Crippen LogP contribution in [0.1, 0.15) is 50.0 Å². The van der Waals surface area contributed by atoms with Gasteiger partial charge >= 0.3 is 0 Å². The van der Waals surface area contributed by atoms with Gasteiger partial charge < -0.3 is 15.0 Å². The molecule has 1 N–H and O–H groups in total. The molecule has 2 amide bonds. The Labute approximate surface area is 200 Å². The number of amides is 2. The molecule has 0 aromatic heterocycles. The molecule has 1 unspecified atom stereocenters. The SMILES string of the molecule is CCC1Oc2ccc(S(=O)(=O)N3CCN(C(=O)c4ccc(C(C)(C)C)cc4)CC3)cc2NC1=O. The second-order valence-electron chi connectivity index (χ2n) is 9.69. The highest BCUT2D eigenvalue weighted by atomic mass is 32.2. The molecular weight excluding hydrogens is 454 g/mol. The van der Waals surface area contributed by atoms with Crippen molar-refractivity contribution in [1.29, 1.82) is 0 Å². The zero-order valence-electron chi connectivity index (χ0n) is 20.0. The van der Waals surface area contributed by atoms with Gasteiger partial charge in [-0.3, -0.25) is 9.59 Å². The van der Waals surface area contributed by atoms with E-state index in [4.69, 9.17) is 4.74 Å². The maximum atomic E-state index is 13.2. The highest BCUT2D eigenvalue weighted by Crippen LogP contribution is 2.33. The minimum Gasteiger partial charge on any atom is -0.478 e. The number of sulfonamides is 1. The van der Waals surface area contributed by atoms with Crippen LogP contribution >= 0.6 is 0 Å². The van der Waals surface area contributed by atoms with Crippen molar-refractivity contribution in [3.05, 3.63) is 53.6 Å². The van der Waals surface area contributed by atoms with Crippen molar-refractivity contribution < 1.29 is 22.7 Å². The molecule has 0 spiro atoms. The lowest BCUT2D eigenvalue weighted by molar-refractivity contribution is -0.123. The van der Waals surface area contributed by atoms with Gasteiger partial charge in [-0.15, -0.1) is 0 Å². The first kappa shape index (κ1) is 24.2.